The monoisotopic (exact) mass is 529 g/mol. The van der Waals surface area contributed by atoms with Crippen LogP contribution < -0.4 is 16.4 Å². The lowest BCUT2D eigenvalue weighted by molar-refractivity contribution is -0.126. The van der Waals surface area contributed by atoms with Gasteiger partial charge in [-0.05, 0) is 65.4 Å². The average molecular weight is 530 g/mol. The molecule has 4 rings (SSSR count). The predicted octanol–water partition coefficient (Wildman–Crippen LogP) is 5.00. The molecule has 2 aromatic heterocycles. The molecule has 0 spiro atoms. The van der Waals surface area contributed by atoms with Gasteiger partial charge in [0.05, 0.1) is 17.9 Å². The average Bonchev–Trinajstić information content (AvgIpc) is 3.46. The minimum absolute atomic E-state index is 0.0347. The summed E-state index contributed by atoms with van der Waals surface area (Å²) in [5, 5.41) is 17.5. The fourth-order valence-electron chi connectivity index (χ4n) is 3.97. The Bertz CT molecular complexity index is 1410. The van der Waals surface area contributed by atoms with E-state index in [9.17, 15) is 19.5 Å². The smallest absolute Gasteiger partial charge is 0.408 e. The van der Waals surface area contributed by atoms with Crippen molar-refractivity contribution in [1.82, 2.24) is 15.2 Å². The second-order valence-corrected chi connectivity index (χ2v) is 9.37. The van der Waals surface area contributed by atoms with E-state index in [-0.39, 0.29) is 12.5 Å². The molecule has 2 aromatic carbocycles. The molecule has 0 aliphatic rings. The summed E-state index contributed by atoms with van der Waals surface area (Å²) >= 11 is 1.59. The van der Waals surface area contributed by atoms with Crippen molar-refractivity contribution in [1.29, 1.82) is 0 Å². The summed E-state index contributed by atoms with van der Waals surface area (Å²) in [5.41, 5.74) is 9.35. The van der Waals surface area contributed by atoms with Gasteiger partial charge >= 0.3 is 6.09 Å². The number of rotatable bonds is 9. The molecule has 5 N–H and O–H groups in total. The number of anilines is 2. The van der Waals surface area contributed by atoms with Crippen LogP contribution in [0.25, 0.3) is 10.4 Å². The summed E-state index contributed by atoms with van der Waals surface area (Å²) in [5.74, 6) is -0.847. The first kappa shape index (κ1) is 26.4. The Morgan fingerprint density at radius 1 is 1.08 bits per heavy atom. The molecule has 194 valence electrons. The van der Waals surface area contributed by atoms with Gasteiger partial charge in [0, 0.05) is 29.4 Å². The van der Waals surface area contributed by atoms with E-state index in [1.165, 1.54) is 0 Å². The molecule has 1 atom stereocenters. The summed E-state index contributed by atoms with van der Waals surface area (Å²) in [6, 6.07) is 18.0. The van der Waals surface area contributed by atoms with E-state index in [0.29, 0.717) is 34.6 Å². The van der Waals surface area contributed by atoms with Gasteiger partial charge in [0.25, 0.3) is 5.91 Å². The molecule has 0 fully saturated rings. The van der Waals surface area contributed by atoms with Crippen LogP contribution in [0.3, 0.4) is 0 Å². The Hall–Kier alpha value is -4.70. The van der Waals surface area contributed by atoms with Gasteiger partial charge in [0.15, 0.2) is 0 Å². The number of thiophene rings is 1. The molecule has 0 aliphatic heterocycles. The lowest BCUT2D eigenvalue weighted by Crippen LogP contribution is -2.42. The van der Waals surface area contributed by atoms with Crippen LogP contribution in [0.5, 0.6) is 0 Å². The van der Waals surface area contributed by atoms with Crippen molar-refractivity contribution in [2.45, 2.75) is 19.5 Å². The van der Waals surface area contributed by atoms with Crippen LogP contribution in [0.15, 0.2) is 84.5 Å². The second-order valence-electron chi connectivity index (χ2n) is 8.42. The maximum Gasteiger partial charge on any atom is 0.408 e. The predicted molar refractivity (Wildman–Crippen MR) is 148 cm³/mol. The number of nitrogen functional groups attached to an aromatic ring is 1. The summed E-state index contributed by atoms with van der Waals surface area (Å²) in [4.78, 5) is 44.3. The SMILES string of the molecule is CCNC(=O)C(c1ccc(C(=O)Nc2cc(-c3cccs3)ccc2N)cc1)N(Cc1cccnc1)C(=O)O. The van der Waals surface area contributed by atoms with Gasteiger partial charge in [0.2, 0.25) is 5.91 Å². The normalized spacial score (nSPS) is 11.4. The zero-order valence-corrected chi connectivity index (χ0v) is 21.4. The first-order valence-corrected chi connectivity index (χ1v) is 12.8. The quantitative estimate of drug-likeness (QED) is 0.225. The van der Waals surface area contributed by atoms with E-state index < -0.39 is 18.0 Å². The van der Waals surface area contributed by atoms with E-state index in [1.54, 1.807) is 73.1 Å². The van der Waals surface area contributed by atoms with Crippen LogP contribution in [0, 0.1) is 0 Å². The zero-order valence-electron chi connectivity index (χ0n) is 20.6. The van der Waals surface area contributed by atoms with Crippen LogP contribution in [-0.2, 0) is 11.3 Å². The summed E-state index contributed by atoms with van der Waals surface area (Å²) in [6.45, 7) is 2.06. The third kappa shape index (κ3) is 6.16. The number of carbonyl (C=O) groups excluding carboxylic acids is 2. The maximum absolute atomic E-state index is 13.0. The summed E-state index contributed by atoms with van der Waals surface area (Å²) in [7, 11) is 0. The molecule has 0 radical (unpaired) electrons. The summed E-state index contributed by atoms with van der Waals surface area (Å²) < 4.78 is 0. The van der Waals surface area contributed by atoms with E-state index in [1.807, 2.05) is 29.6 Å². The molecule has 1 unspecified atom stereocenters. The molecule has 38 heavy (non-hydrogen) atoms. The van der Waals surface area contributed by atoms with Gasteiger partial charge in [-0.2, -0.15) is 0 Å². The fraction of sp³-hybridized carbons (Fsp3) is 0.143. The molecule has 4 aromatic rings. The Morgan fingerprint density at radius 3 is 2.50 bits per heavy atom. The molecule has 3 amide bonds. The lowest BCUT2D eigenvalue weighted by atomic mass is 10.0. The van der Waals surface area contributed by atoms with E-state index in [2.05, 4.69) is 15.6 Å². The molecule has 9 nitrogen and oxygen atoms in total. The number of hydrogen-bond acceptors (Lipinski definition) is 6. The van der Waals surface area contributed by atoms with E-state index >= 15 is 0 Å². The number of nitrogens with one attached hydrogen (secondary N) is 2. The topological polar surface area (TPSA) is 138 Å². The van der Waals surface area contributed by atoms with Gasteiger partial charge in [-0.25, -0.2) is 4.79 Å². The number of likely N-dealkylation sites (N-methyl/N-ethyl adjacent to an activating group) is 1. The number of amides is 3. The van der Waals surface area contributed by atoms with Crippen molar-refractivity contribution >= 4 is 40.6 Å². The number of hydrogen-bond donors (Lipinski definition) is 4. The fourth-order valence-corrected chi connectivity index (χ4v) is 4.70. The molecule has 0 aliphatic carbocycles. The number of benzene rings is 2. The molecule has 0 saturated heterocycles. The van der Waals surface area contributed by atoms with Gasteiger partial charge < -0.3 is 21.5 Å². The van der Waals surface area contributed by atoms with Gasteiger partial charge in [0.1, 0.15) is 6.04 Å². The number of pyridine rings is 1. The van der Waals surface area contributed by atoms with Gasteiger partial charge in [-0.15, -0.1) is 11.3 Å². The first-order valence-electron chi connectivity index (χ1n) is 11.9. The Balaban J connectivity index is 1.57. The van der Waals surface area contributed by atoms with Crippen LogP contribution in [0.4, 0.5) is 16.2 Å². The number of nitrogens with zero attached hydrogens (tertiary/aromatic N) is 2. The van der Waals surface area contributed by atoms with E-state index in [4.69, 9.17) is 5.73 Å². The Labute approximate surface area is 223 Å². The van der Waals surface area contributed by atoms with Crippen molar-refractivity contribution < 1.29 is 19.5 Å². The van der Waals surface area contributed by atoms with Crippen molar-refractivity contribution in [3.8, 4) is 10.4 Å². The van der Waals surface area contributed by atoms with Crippen LogP contribution in [-0.4, -0.2) is 39.4 Å². The third-order valence-electron chi connectivity index (χ3n) is 5.83. The standard InChI is InChI=1S/C28H27N5O4S/c1-2-31-27(35)25(33(28(36)37)17-18-5-3-13-30-16-18)19-7-9-20(10-8-19)26(34)32-23-15-21(11-12-22(23)29)24-6-4-14-38-24/h3-16,25H,2,17,29H2,1H3,(H,31,35)(H,32,34)(H,36,37). The van der Waals surface area contributed by atoms with Crippen molar-refractivity contribution in [3.63, 3.8) is 0 Å². The highest BCUT2D eigenvalue weighted by atomic mass is 32.1. The molecule has 0 saturated carbocycles. The molecule has 10 heteroatoms. The number of carboxylic acid groups (broad SMARTS) is 1. The Kier molecular flexibility index (Phi) is 8.34. The highest BCUT2D eigenvalue weighted by molar-refractivity contribution is 7.13. The maximum atomic E-state index is 13.0. The van der Waals surface area contributed by atoms with Gasteiger partial charge in [-0.1, -0.05) is 30.3 Å². The van der Waals surface area contributed by atoms with Crippen molar-refractivity contribution in [2.75, 3.05) is 17.6 Å². The van der Waals surface area contributed by atoms with Crippen LogP contribution in [0.1, 0.15) is 34.5 Å². The highest BCUT2D eigenvalue weighted by Gasteiger charge is 2.31. The Morgan fingerprint density at radius 2 is 1.87 bits per heavy atom. The zero-order chi connectivity index (χ0) is 27.1. The largest absolute Gasteiger partial charge is 0.465 e. The van der Waals surface area contributed by atoms with Crippen molar-refractivity contribution in [3.05, 3.63) is 101 Å². The second kappa shape index (κ2) is 12.0. The van der Waals surface area contributed by atoms with Crippen LogP contribution in [0.2, 0.25) is 0 Å². The van der Waals surface area contributed by atoms with Gasteiger partial charge in [-0.3, -0.25) is 19.5 Å². The number of carbonyl (C=O) groups is 3. The highest BCUT2D eigenvalue weighted by Crippen LogP contribution is 2.31. The molecular formula is C28H27N5O4S. The van der Waals surface area contributed by atoms with Crippen molar-refractivity contribution in [2.24, 2.45) is 0 Å². The molecule has 2 heterocycles. The minimum atomic E-state index is -1.26. The lowest BCUT2D eigenvalue weighted by Gasteiger charge is -2.29. The van der Waals surface area contributed by atoms with E-state index in [0.717, 1.165) is 15.3 Å². The third-order valence-corrected chi connectivity index (χ3v) is 6.75. The number of aromatic nitrogens is 1. The number of nitrogens with two attached hydrogens (primary N) is 1. The first-order chi connectivity index (χ1) is 18.4. The molecular weight excluding hydrogens is 502 g/mol. The molecule has 0 bridgehead atoms. The summed E-state index contributed by atoms with van der Waals surface area (Å²) in [6.07, 6.45) is 1.89. The minimum Gasteiger partial charge on any atom is -0.465 e. The van der Waals surface area contributed by atoms with Crippen LogP contribution >= 0.6 is 11.3 Å².